The molecule has 1 amide bonds. The van der Waals surface area contributed by atoms with Crippen molar-refractivity contribution in [1.29, 1.82) is 0 Å². The molecule has 2 rings (SSSR count). The zero-order chi connectivity index (χ0) is 18.1. The summed E-state index contributed by atoms with van der Waals surface area (Å²) >= 11 is 0. The standard InChI is InChI=1S/C19H30N4O2.HI/c1-4-21-19(23(3)13-16-9-11-25-14-16)22-10-8-15-6-5-7-17(12-15)18(24)20-2;/h5-7,12,16H,4,8-11,13-14H2,1-3H3,(H,20,24)(H,21,22);1H. The molecule has 7 heteroatoms. The van der Waals surface area contributed by atoms with Crippen LogP contribution in [0.5, 0.6) is 0 Å². The molecular formula is C19H31IN4O2. The van der Waals surface area contributed by atoms with Gasteiger partial charge in [-0.05, 0) is 37.5 Å². The van der Waals surface area contributed by atoms with E-state index in [9.17, 15) is 4.79 Å². The summed E-state index contributed by atoms with van der Waals surface area (Å²) in [4.78, 5) is 18.6. The van der Waals surface area contributed by atoms with Gasteiger partial charge in [0.1, 0.15) is 0 Å². The Morgan fingerprint density at radius 2 is 2.23 bits per heavy atom. The van der Waals surface area contributed by atoms with Crippen LogP contribution in [0.15, 0.2) is 29.3 Å². The second-order valence-corrected chi connectivity index (χ2v) is 6.38. The third-order valence-corrected chi connectivity index (χ3v) is 4.33. The number of halogens is 1. The van der Waals surface area contributed by atoms with Crippen molar-refractivity contribution in [1.82, 2.24) is 15.5 Å². The number of ether oxygens (including phenoxy) is 1. The smallest absolute Gasteiger partial charge is 0.251 e. The van der Waals surface area contributed by atoms with Crippen molar-refractivity contribution >= 4 is 35.8 Å². The molecular weight excluding hydrogens is 443 g/mol. The van der Waals surface area contributed by atoms with E-state index in [4.69, 9.17) is 9.73 Å². The Morgan fingerprint density at radius 3 is 2.88 bits per heavy atom. The molecule has 0 bridgehead atoms. The minimum atomic E-state index is -0.0581. The summed E-state index contributed by atoms with van der Waals surface area (Å²) in [5.74, 6) is 1.45. The van der Waals surface area contributed by atoms with Crippen LogP contribution >= 0.6 is 24.0 Å². The average Bonchev–Trinajstić information content (AvgIpc) is 3.13. The van der Waals surface area contributed by atoms with Crippen molar-refractivity contribution in [2.24, 2.45) is 10.9 Å². The molecule has 1 atom stereocenters. The number of hydrogen-bond acceptors (Lipinski definition) is 3. The molecule has 1 aromatic carbocycles. The topological polar surface area (TPSA) is 66.0 Å². The predicted octanol–water partition coefficient (Wildman–Crippen LogP) is 2.14. The van der Waals surface area contributed by atoms with Crippen molar-refractivity contribution in [2.75, 3.05) is 46.9 Å². The number of carbonyl (C=O) groups excluding carboxylic acids is 1. The maximum absolute atomic E-state index is 11.7. The van der Waals surface area contributed by atoms with E-state index in [2.05, 4.69) is 29.5 Å². The van der Waals surface area contributed by atoms with E-state index in [1.807, 2.05) is 24.3 Å². The molecule has 0 radical (unpaired) electrons. The van der Waals surface area contributed by atoms with E-state index in [0.717, 1.165) is 50.7 Å². The molecule has 0 saturated carbocycles. The molecule has 146 valence electrons. The third-order valence-electron chi connectivity index (χ3n) is 4.33. The Hall–Kier alpha value is -1.35. The quantitative estimate of drug-likeness (QED) is 0.361. The molecule has 26 heavy (non-hydrogen) atoms. The van der Waals surface area contributed by atoms with E-state index in [1.165, 1.54) is 0 Å². The number of guanidine groups is 1. The zero-order valence-electron chi connectivity index (χ0n) is 16.0. The van der Waals surface area contributed by atoms with Crippen molar-refractivity contribution in [3.63, 3.8) is 0 Å². The van der Waals surface area contributed by atoms with Crippen molar-refractivity contribution in [2.45, 2.75) is 19.8 Å². The lowest BCUT2D eigenvalue weighted by molar-refractivity contribution is 0.0963. The van der Waals surface area contributed by atoms with Crippen LogP contribution in [0.1, 0.15) is 29.3 Å². The molecule has 1 unspecified atom stereocenters. The SMILES string of the molecule is CCNC(=NCCc1cccc(C(=O)NC)c1)N(C)CC1CCOC1.I. The predicted molar refractivity (Wildman–Crippen MR) is 116 cm³/mol. The molecule has 0 aliphatic carbocycles. The van der Waals surface area contributed by atoms with Gasteiger partial charge in [-0.3, -0.25) is 9.79 Å². The lowest BCUT2D eigenvalue weighted by atomic mass is 10.1. The summed E-state index contributed by atoms with van der Waals surface area (Å²) < 4.78 is 5.46. The Kier molecular flexibility index (Phi) is 10.6. The maximum Gasteiger partial charge on any atom is 0.251 e. The number of hydrogen-bond donors (Lipinski definition) is 2. The van der Waals surface area contributed by atoms with Gasteiger partial charge in [0.05, 0.1) is 6.61 Å². The summed E-state index contributed by atoms with van der Waals surface area (Å²) in [5, 5.41) is 6.01. The third kappa shape index (κ3) is 7.11. The Labute approximate surface area is 173 Å². The number of nitrogens with one attached hydrogen (secondary N) is 2. The van der Waals surface area contributed by atoms with Crippen LogP contribution in [0.3, 0.4) is 0 Å². The van der Waals surface area contributed by atoms with Gasteiger partial charge in [-0.2, -0.15) is 0 Å². The normalized spacial score (nSPS) is 16.7. The lowest BCUT2D eigenvalue weighted by Crippen LogP contribution is -2.41. The fraction of sp³-hybridized carbons (Fsp3) is 0.579. The molecule has 0 spiro atoms. The molecule has 0 aromatic heterocycles. The molecule has 2 N–H and O–H groups in total. The molecule has 1 saturated heterocycles. The highest BCUT2D eigenvalue weighted by Crippen LogP contribution is 2.13. The van der Waals surface area contributed by atoms with Crippen LogP contribution in [-0.4, -0.2) is 63.7 Å². The largest absolute Gasteiger partial charge is 0.381 e. The van der Waals surface area contributed by atoms with Crippen LogP contribution in [0.25, 0.3) is 0 Å². The van der Waals surface area contributed by atoms with Gasteiger partial charge in [-0.25, -0.2) is 0 Å². The summed E-state index contributed by atoms with van der Waals surface area (Å²) in [5.41, 5.74) is 1.81. The average molecular weight is 474 g/mol. The second-order valence-electron chi connectivity index (χ2n) is 6.38. The van der Waals surface area contributed by atoms with Gasteiger partial charge in [0.2, 0.25) is 0 Å². The van der Waals surface area contributed by atoms with Crippen molar-refractivity contribution in [3.8, 4) is 0 Å². The van der Waals surface area contributed by atoms with Crippen LogP contribution < -0.4 is 10.6 Å². The van der Waals surface area contributed by atoms with Crippen LogP contribution in [0.2, 0.25) is 0 Å². The number of carbonyl (C=O) groups is 1. The molecule has 1 aliphatic rings. The Morgan fingerprint density at radius 1 is 1.42 bits per heavy atom. The van der Waals surface area contributed by atoms with Crippen molar-refractivity contribution < 1.29 is 9.53 Å². The molecule has 1 aliphatic heterocycles. The number of nitrogens with zero attached hydrogens (tertiary/aromatic N) is 2. The van der Waals surface area contributed by atoms with E-state index in [1.54, 1.807) is 7.05 Å². The zero-order valence-corrected chi connectivity index (χ0v) is 18.3. The number of benzene rings is 1. The molecule has 6 nitrogen and oxygen atoms in total. The first-order chi connectivity index (χ1) is 12.1. The fourth-order valence-corrected chi connectivity index (χ4v) is 2.97. The number of rotatable bonds is 7. The first-order valence-corrected chi connectivity index (χ1v) is 9.02. The highest BCUT2D eigenvalue weighted by Gasteiger charge is 2.18. The number of aliphatic imine (C=N–C) groups is 1. The molecule has 1 aromatic rings. The van der Waals surface area contributed by atoms with Gasteiger partial charge in [0, 0.05) is 51.8 Å². The Bertz CT molecular complexity index is 589. The second kappa shape index (κ2) is 12.1. The van der Waals surface area contributed by atoms with Gasteiger partial charge >= 0.3 is 0 Å². The van der Waals surface area contributed by atoms with E-state index in [-0.39, 0.29) is 29.9 Å². The lowest BCUT2D eigenvalue weighted by Gasteiger charge is -2.24. The van der Waals surface area contributed by atoms with Gasteiger partial charge in [-0.1, -0.05) is 12.1 Å². The first kappa shape index (κ1) is 22.7. The maximum atomic E-state index is 11.7. The number of amides is 1. The first-order valence-electron chi connectivity index (χ1n) is 9.02. The van der Waals surface area contributed by atoms with Gasteiger partial charge in [0.15, 0.2) is 5.96 Å². The minimum absolute atomic E-state index is 0. The minimum Gasteiger partial charge on any atom is -0.381 e. The molecule has 1 heterocycles. The van der Waals surface area contributed by atoms with Crippen LogP contribution in [-0.2, 0) is 11.2 Å². The summed E-state index contributed by atoms with van der Waals surface area (Å²) in [7, 11) is 3.72. The summed E-state index contributed by atoms with van der Waals surface area (Å²) in [6, 6.07) is 7.71. The summed E-state index contributed by atoms with van der Waals surface area (Å²) in [6.45, 7) is 6.28. The molecule has 1 fully saturated rings. The van der Waals surface area contributed by atoms with Crippen LogP contribution in [0.4, 0.5) is 0 Å². The van der Waals surface area contributed by atoms with Gasteiger partial charge in [-0.15, -0.1) is 24.0 Å². The fourth-order valence-electron chi connectivity index (χ4n) is 2.97. The van der Waals surface area contributed by atoms with E-state index >= 15 is 0 Å². The highest BCUT2D eigenvalue weighted by molar-refractivity contribution is 14.0. The monoisotopic (exact) mass is 474 g/mol. The van der Waals surface area contributed by atoms with E-state index < -0.39 is 0 Å². The summed E-state index contributed by atoms with van der Waals surface area (Å²) in [6.07, 6.45) is 1.93. The van der Waals surface area contributed by atoms with Gasteiger partial charge in [0.25, 0.3) is 5.91 Å². The van der Waals surface area contributed by atoms with Crippen molar-refractivity contribution in [3.05, 3.63) is 35.4 Å². The Balaban J connectivity index is 0.00000338. The van der Waals surface area contributed by atoms with Gasteiger partial charge < -0.3 is 20.3 Å². The van der Waals surface area contributed by atoms with Crippen LogP contribution in [0, 0.1) is 5.92 Å². The highest BCUT2D eigenvalue weighted by atomic mass is 127. The van der Waals surface area contributed by atoms with E-state index in [0.29, 0.717) is 18.0 Å².